The van der Waals surface area contributed by atoms with Crippen molar-refractivity contribution in [1.82, 2.24) is 4.90 Å². The Labute approximate surface area is 165 Å². The van der Waals surface area contributed by atoms with E-state index in [1.165, 1.54) is 14.2 Å². The molecule has 0 spiro atoms. The average Bonchev–Trinajstić information content (AvgIpc) is 2.62. The van der Waals surface area contributed by atoms with Gasteiger partial charge < -0.3 is 25.7 Å². The van der Waals surface area contributed by atoms with Gasteiger partial charge in [0.15, 0.2) is 6.04 Å². The largest absolute Gasteiger partial charge is 0.467 e. The van der Waals surface area contributed by atoms with E-state index in [9.17, 15) is 19.2 Å². The van der Waals surface area contributed by atoms with E-state index in [-0.39, 0.29) is 19.3 Å². The summed E-state index contributed by atoms with van der Waals surface area (Å²) in [7, 11) is 2.42. The predicted octanol–water partition coefficient (Wildman–Crippen LogP) is -0.732. The number of ether oxygens (including phenoxy) is 3. The van der Waals surface area contributed by atoms with Gasteiger partial charge >= 0.3 is 18.0 Å². The van der Waals surface area contributed by atoms with Gasteiger partial charge in [0, 0.05) is 12.8 Å². The highest BCUT2D eigenvalue weighted by Gasteiger charge is 2.38. The third-order valence-electron chi connectivity index (χ3n) is 3.86. The number of hydrogen-bond acceptors (Lipinski definition) is 7. The van der Waals surface area contributed by atoms with Crippen LogP contribution < -0.4 is 11.5 Å². The highest BCUT2D eigenvalue weighted by molar-refractivity contribution is 5.97. The fourth-order valence-corrected chi connectivity index (χ4v) is 2.42. The second-order valence-electron chi connectivity index (χ2n) is 7.39. The molecule has 6 N–H and O–H groups in total. The van der Waals surface area contributed by atoms with E-state index in [1.54, 1.807) is 20.8 Å². The van der Waals surface area contributed by atoms with Gasteiger partial charge in [0.25, 0.3) is 0 Å². The summed E-state index contributed by atoms with van der Waals surface area (Å²) in [6, 6.07) is -1.88. The van der Waals surface area contributed by atoms with Crippen LogP contribution in [-0.4, -0.2) is 67.3 Å². The van der Waals surface area contributed by atoms with Crippen molar-refractivity contribution in [3.8, 4) is 0 Å². The van der Waals surface area contributed by atoms with Crippen molar-refractivity contribution >= 4 is 23.9 Å². The molecule has 0 fully saturated rings. The second-order valence-corrected chi connectivity index (χ2v) is 7.39. The lowest BCUT2D eigenvalue weighted by molar-refractivity contribution is -0.409. The number of rotatable bonds is 10. The van der Waals surface area contributed by atoms with Crippen LogP contribution in [0.15, 0.2) is 0 Å². The number of imide groups is 1. The Balaban J connectivity index is 5.55. The van der Waals surface area contributed by atoms with Crippen LogP contribution in [0.1, 0.15) is 52.9 Å². The molecule has 162 valence electrons. The maximum atomic E-state index is 12.8. The Hall–Kier alpha value is -2.20. The zero-order valence-corrected chi connectivity index (χ0v) is 17.6. The van der Waals surface area contributed by atoms with Crippen LogP contribution in [-0.2, 0) is 28.6 Å². The van der Waals surface area contributed by atoms with Gasteiger partial charge in [0.1, 0.15) is 11.6 Å². The fourth-order valence-electron chi connectivity index (χ4n) is 2.42. The first-order valence-electron chi connectivity index (χ1n) is 9.31. The van der Waals surface area contributed by atoms with Crippen LogP contribution in [0.4, 0.5) is 4.79 Å². The van der Waals surface area contributed by atoms with Crippen LogP contribution in [0.25, 0.3) is 0 Å². The molecule has 10 heteroatoms. The Kier molecular flexibility index (Phi) is 11.3. The van der Waals surface area contributed by atoms with Crippen molar-refractivity contribution in [2.24, 2.45) is 0 Å². The minimum absolute atomic E-state index is 0.0670. The summed E-state index contributed by atoms with van der Waals surface area (Å²) in [6.45, 7) is 5.64. The predicted molar refractivity (Wildman–Crippen MR) is 98.4 cm³/mol. The number of esters is 2. The van der Waals surface area contributed by atoms with Gasteiger partial charge in [-0.25, -0.2) is 19.3 Å². The molecule has 0 saturated heterocycles. The molecule has 0 rings (SSSR count). The number of methoxy groups -OCH3 is 2. The van der Waals surface area contributed by atoms with Crippen molar-refractivity contribution < 1.29 is 44.9 Å². The van der Waals surface area contributed by atoms with E-state index in [4.69, 9.17) is 9.47 Å². The number of quaternary nitrogens is 2. The minimum Gasteiger partial charge on any atom is -0.467 e. The summed E-state index contributed by atoms with van der Waals surface area (Å²) in [5.74, 6) is -1.91. The standard InChI is InChI=1S/C18H33N3O7/c1-18(2,3)28-17(25)21(13(16(24)27-5)8-6-7-11-19)14(22)10-9-12(20)15(23)26-4/h12-13H,6-11,19-20H2,1-5H3/p+2/t12-,13-/m0/s1. The molecule has 0 bridgehead atoms. The summed E-state index contributed by atoms with van der Waals surface area (Å²) in [5, 5.41) is 0. The highest BCUT2D eigenvalue weighted by Crippen LogP contribution is 2.18. The monoisotopic (exact) mass is 405 g/mol. The number of carbonyl (C=O) groups excluding carboxylic acids is 4. The number of nitrogens with zero attached hydrogens (tertiary/aromatic N) is 1. The van der Waals surface area contributed by atoms with E-state index in [0.29, 0.717) is 13.0 Å². The molecule has 10 nitrogen and oxygen atoms in total. The topological polar surface area (TPSA) is 154 Å². The molecule has 0 aromatic rings. The molecule has 0 saturated carbocycles. The van der Waals surface area contributed by atoms with Gasteiger partial charge in [-0.1, -0.05) is 0 Å². The van der Waals surface area contributed by atoms with Gasteiger partial charge in [-0.05, 0) is 40.0 Å². The van der Waals surface area contributed by atoms with E-state index in [1.807, 2.05) is 0 Å². The Morgan fingerprint density at radius 1 is 0.964 bits per heavy atom. The van der Waals surface area contributed by atoms with Crippen molar-refractivity contribution in [1.29, 1.82) is 0 Å². The second kappa shape index (κ2) is 12.3. The van der Waals surface area contributed by atoms with Gasteiger partial charge in [0.2, 0.25) is 5.91 Å². The summed E-state index contributed by atoms with van der Waals surface area (Å²) in [6.07, 6.45) is 0.505. The van der Waals surface area contributed by atoms with E-state index < -0.39 is 41.6 Å². The number of carbonyl (C=O) groups is 4. The fraction of sp³-hybridized carbons (Fsp3) is 0.778. The average molecular weight is 405 g/mol. The van der Waals surface area contributed by atoms with Gasteiger partial charge in [-0.2, -0.15) is 0 Å². The Bertz CT molecular complexity index is 546. The first kappa shape index (κ1) is 25.8. The van der Waals surface area contributed by atoms with Crippen LogP contribution in [0, 0.1) is 0 Å². The van der Waals surface area contributed by atoms with E-state index in [2.05, 4.69) is 16.2 Å². The maximum Gasteiger partial charge on any atom is 0.417 e. The van der Waals surface area contributed by atoms with Gasteiger partial charge in [-0.3, -0.25) is 4.79 Å². The summed E-state index contributed by atoms with van der Waals surface area (Å²) in [5.41, 5.74) is 6.53. The Morgan fingerprint density at radius 2 is 1.54 bits per heavy atom. The molecule has 2 atom stereocenters. The van der Waals surface area contributed by atoms with Crippen molar-refractivity contribution in [2.45, 2.75) is 70.6 Å². The zero-order valence-electron chi connectivity index (χ0n) is 17.6. The quantitative estimate of drug-likeness (QED) is 0.276. The van der Waals surface area contributed by atoms with Crippen LogP contribution >= 0.6 is 0 Å². The summed E-state index contributed by atoms with van der Waals surface area (Å²) >= 11 is 0. The Morgan fingerprint density at radius 3 is 2.00 bits per heavy atom. The lowest BCUT2D eigenvalue weighted by Gasteiger charge is -2.30. The molecule has 0 heterocycles. The van der Waals surface area contributed by atoms with Crippen molar-refractivity contribution in [2.75, 3.05) is 20.8 Å². The number of amides is 2. The number of unbranched alkanes of at least 4 members (excludes halogenated alkanes) is 1. The molecule has 0 aromatic carbocycles. The minimum atomic E-state index is -1.11. The van der Waals surface area contributed by atoms with Crippen LogP contribution in [0.3, 0.4) is 0 Å². The van der Waals surface area contributed by atoms with Crippen molar-refractivity contribution in [3.63, 3.8) is 0 Å². The third kappa shape index (κ3) is 9.14. The molecule has 0 radical (unpaired) electrons. The summed E-state index contributed by atoms with van der Waals surface area (Å²) < 4.78 is 14.7. The zero-order chi connectivity index (χ0) is 21.9. The molecular weight excluding hydrogens is 370 g/mol. The lowest BCUT2D eigenvalue weighted by Crippen LogP contribution is -2.65. The SMILES string of the molecule is COC(=O)[C@@H]([NH3+])CCC(=O)N(C(=O)OC(C)(C)C)[C@@H](CCCC[NH3+])C(=O)OC. The molecule has 0 aliphatic rings. The van der Waals surface area contributed by atoms with Crippen LogP contribution in [0.2, 0.25) is 0 Å². The van der Waals surface area contributed by atoms with Gasteiger partial charge in [0.05, 0.1) is 20.8 Å². The van der Waals surface area contributed by atoms with Gasteiger partial charge in [-0.15, -0.1) is 0 Å². The van der Waals surface area contributed by atoms with Crippen molar-refractivity contribution in [3.05, 3.63) is 0 Å². The molecular formula is C18H35N3O7+2. The molecule has 28 heavy (non-hydrogen) atoms. The highest BCUT2D eigenvalue weighted by atomic mass is 16.6. The molecule has 0 aliphatic carbocycles. The molecule has 2 amide bonds. The first-order chi connectivity index (χ1) is 13.0. The normalized spacial score (nSPS) is 13.2. The number of hydrogen-bond donors (Lipinski definition) is 2. The first-order valence-corrected chi connectivity index (χ1v) is 9.31. The third-order valence-corrected chi connectivity index (χ3v) is 3.86. The maximum absolute atomic E-state index is 12.8. The van der Waals surface area contributed by atoms with E-state index in [0.717, 1.165) is 11.3 Å². The molecule has 0 unspecified atom stereocenters. The van der Waals surface area contributed by atoms with E-state index >= 15 is 0 Å². The summed E-state index contributed by atoms with van der Waals surface area (Å²) in [4.78, 5) is 50.1. The van der Waals surface area contributed by atoms with Crippen LogP contribution in [0.5, 0.6) is 0 Å². The smallest absolute Gasteiger partial charge is 0.417 e. The molecule has 0 aliphatic heterocycles. The lowest BCUT2D eigenvalue weighted by atomic mass is 10.1. The molecule has 0 aromatic heterocycles.